The SMILES string of the molecule is CCC(=O)c1ccc(Oc2ccc([N+](=O)[O-])c(Cl)c2)cn1. The third-order valence-electron chi connectivity index (χ3n) is 2.69. The number of carbonyl (C=O) groups is 1. The molecule has 0 atom stereocenters. The van der Waals surface area contributed by atoms with Crippen LogP contribution in [0.4, 0.5) is 5.69 Å². The minimum Gasteiger partial charge on any atom is -0.456 e. The number of hydrogen-bond acceptors (Lipinski definition) is 5. The summed E-state index contributed by atoms with van der Waals surface area (Å²) in [6.45, 7) is 1.76. The van der Waals surface area contributed by atoms with Gasteiger partial charge in [0.2, 0.25) is 0 Å². The van der Waals surface area contributed by atoms with Gasteiger partial charge in [0.1, 0.15) is 22.2 Å². The summed E-state index contributed by atoms with van der Waals surface area (Å²) in [4.78, 5) is 25.5. The average Bonchev–Trinajstić information content (AvgIpc) is 2.47. The van der Waals surface area contributed by atoms with Crippen LogP contribution in [-0.4, -0.2) is 15.7 Å². The van der Waals surface area contributed by atoms with Gasteiger partial charge in [-0.2, -0.15) is 0 Å². The smallest absolute Gasteiger partial charge is 0.288 e. The first-order valence-corrected chi connectivity index (χ1v) is 6.50. The molecule has 1 heterocycles. The van der Waals surface area contributed by atoms with Crippen molar-refractivity contribution < 1.29 is 14.5 Å². The van der Waals surface area contributed by atoms with E-state index in [0.717, 1.165) is 0 Å². The Kier molecular flexibility index (Phi) is 4.49. The van der Waals surface area contributed by atoms with Crippen LogP contribution in [0.1, 0.15) is 23.8 Å². The molecule has 108 valence electrons. The summed E-state index contributed by atoms with van der Waals surface area (Å²) in [7, 11) is 0. The topological polar surface area (TPSA) is 82.3 Å². The number of halogens is 1. The first kappa shape index (κ1) is 14.9. The summed E-state index contributed by atoms with van der Waals surface area (Å²) in [5, 5.41) is 10.6. The highest BCUT2D eigenvalue weighted by atomic mass is 35.5. The number of ether oxygens (including phenoxy) is 1. The number of pyridine rings is 1. The number of nitro groups is 1. The third-order valence-corrected chi connectivity index (χ3v) is 3.00. The molecule has 6 nitrogen and oxygen atoms in total. The molecule has 0 N–H and O–H groups in total. The van der Waals surface area contributed by atoms with Crippen molar-refractivity contribution in [3.05, 3.63) is 57.4 Å². The van der Waals surface area contributed by atoms with Crippen molar-refractivity contribution in [2.75, 3.05) is 0 Å². The normalized spacial score (nSPS) is 10.2. The van der Waals surface area contributed by atoms with Crippen molar-refractivity contribution >= 4 is 23.1 Å². The number of nitro benzene ring substituents is 1. The molecule has 0 aliphatic carbocycles. The molecule has 0 fully saturated rings. The lowest BCUT2D eigenvalue weighted by atomic mass is 10.2. The largest absolute Gasteiger partial charge is 0.456 e. The van der Waals surface area contributed by atoms with Crippen LogP contribution in [0.3, 0.4) is 0 Å². The first-order valence-electron chi connectivity index (χ1n) is 6.12. The minimum absolute atomic E-state index is 0.0109. The zero-order chi connectivity index (χ0) is 15.4. The van der Waals surface area contributed by atoms with Gasteiger partial charge in [0.15, 0.2) is 5.78 Å². The third kappa shape index (κ3) is 3.55. The molecule has 0 amide bonds. The maximum Gasteiger partial charge on any atom is 0.288 e. The lowest BCUT2D eigenvalue weighted by Gasteiger charge is -2.06. The number of carbonyl (C=O) groups excluding carboxylic acids is 1. The molecule has 1 aromatic heterocycles. The van der Waals surface area contributed by atoms with Crippen molar-refractivity contribution in [3.63, 3.8) is 0 Å². The Labute approximate surface area is 125 Å². The Balaban J connectivity index is 2.17. The summed E-state index contributed by atoms with van der Waals surface area (Å²) < 4.78 is 5.48. The Hall–Kier alpha value is -2.47. The number of Topliss-reactive ketones (excluding diaryl/α,β-unsaturated/α-hetero) is 1. The standard InChI is InChI=1S/C14H11ClN2O4/c1-2-14(18)12-5-3-10(8-16-12)21-9-4-6-13(17(19)20)11(15)7-9/h3-8H,2H2,1H3. The highest BCUT2D eigenvalue weighted by Gasteiger charge is 2.13. The lowest BCUT2D eigenvalue weighted by Crippen LogP contribution is -1.99. The van der Waals surface area contributed by atoms with Gasteiger partial charge in [-0.25, -0.2) is 4.98 Å². The van der Waals surface area contributed by atoms with Gasteiger partial charge in [-0.1, -0.05) is 18.5 Å². The zero-order valence-electron chi connectivity index (χ0n) is 11.1. The van der Waals surface area contributed by atoms with Crippen LogP contribution in [0.25, 0.3) is 0 Å². The second kappa shape index (κ2) is 6.32. The number of benzene rings is 1. The molecule has 7 heteroatoms. The average molecular weight is 307 g/mol. The van der Waals surface area contributed by atoms with Crippen LogP contribution in [0.2, 0.25) is 5.02 Å². The molecule has 2 aromatic rings. The van der Waals surface area contributed by atoms with E-state index < -0.39 is 4.92 Å². The van der Waals surface area contributed by atoms with E-state index in [-0.39, 0.29) is 16.5 Å². The van der Waals surface area contributed by atoms with Crippen molar-refractivity contribution in [1.29, 1.82) is 0 Å². The number of aromatic nitrogens is 1. The van der Waals surface area contributed by atoms with Gasteiger partial charge in [-0.3, -0.25) is 14.9 Å². The fourth-order valence-electron chi connectivity index (χ4n) is 1.62. The Morgan fingerprint density at radius 2 is 2.05 bits per heavy atom. The molecule has 0 saturated carbocycles. The van der Waals surface area contributed by atoms with Crippen LogP contribution in [0.5, 0.6) is 11.5 Å². The van der Waals surface area contributed by atoms with Crippen molar-refractivity contribution in [1.82, 2.24) is 4.98 Å². The maximum atomic E-state index is 11.4. The summed E-state index contributed by atoms with van der Waals surface area (Å²) in [5.41, 5.74) is 0.178. The van der Waals surface area contributed by atoms with Gasteiger partial charge in [-0.15, -0.1) is 0 Å². The number of nitrogens with zero attached hydrogens (tertiary/aromatic N) is 2. The summed E-state index contributed by atoms with van der Waals surface area (Å²) in [6, 6.07) is 7.22. The van der Waals surface area contributed by atoms with Crippen LogP contribution in [-0.2, 0) is 0 Å². The molecule has 2 rings (SSSR count). The van der Waals surface area contributed by atoms with E-state index in [1.165, 1.54) is 24.4 Å². The van der Waals surface area contributed by atoms with E-state index in [9.17, 15) is 14.9 Å². The number of rotatable bonds is 5. The fraction of sp³-hybridized carbons (Fsp3) is 0.143. The van der Waals surface area contributed by atoms with Gasteiger partial charge in [-0.05, 0) is 18.2 Å². The van der Waals surface area contributed by atoms with Crippen LogP contribution in [0.15, 0.2) is 36.5 Å². The quantitative estimate of drug-likeness (QED) is 0.473. The molecule has 0 aliphatic rings. The summed E-state index contributed by atoms with van der Waals surface area (Å²) >= 11 is 5.79. The second-order valence-electron chi connectivity index (χ2n) is 4.13. The van der Waals surface area contributed by atoms with E-state index in [1.54, 1.807) is 19.1 Å². The van der Waals surface area contributed by atoms with E-state index in [4.69, 9.17) is 16.3 Å². The molecule has 0 radical (unpaired) electrons. The van der Waals surface area contributed by atoms with Crippen LogP contribution in [0, 0.1) is 10.1 Å². The molecule has 21 heavy (non-hydrogen) atoms. The molecule has 0 unspecified atom stereocenters. The highest BCUT2D eigenvalue weighted by molar-refractivity contribution is 6.32. The van der Waals surface area contributed by atoms with Gasteiger partial charge in [0.25, 0.3) is 5.69 Å². The molecular formula is C14H11ClN2O4. The second-order valence-corrected chi connectivity index (χ2v) is 4.54. The van der Waals surface area contributed by atoms with Gasteiger partial charge >= 0.3 is 0 Å². The predicted molar refractivity (Wildman–Crippen MR) is 77.0 cm³/mol. The Bertz CT molecular complexity index is 686. The number of ketones is 1. The first-order chi connectivity index (χ1) is 10.0. The van der Waals surface area contributed by atoms with Gasteiger partial charge in [0.05, 0.1) is 11.1 Å². The molecule has 1 aromatic carbocycles. The van der Waals surface area contributed by atoms with Crippen LogP contribution >= 0.6 is 11.6 Å². The lowest BCUT2D eigenvalue weighted by molar-refractivity contribution is -0.384. The van der Waals surface area contributed by atoms with Crippen molar-refractivity contribution in [2.45, 2.75) is 13.3 Å². The molecular weight excluding hydrogens is 296 g/mol. The Morgan fingerprint density at radius 3 is 2.57 bits per heavy atom. The summed E-state index contributed by atoms with van der Waals surface area (Å²) in [6.07, 6.45) is 1.80. The fourth-order valence-corrected chi connectivity index (χ4v) is 1.86. The monoisotopic (exact) mass is 306 g/mol. The minimum atomic E-state index is -0.571. The van der Waals surface area contributed by atoms with Crippen molar-refractivity contribution in [3.8, 4) is 11.5 Å². The summed E-state index contributed by atoms with van der Waals surface area (Å²) in [5.74, 6) is 0.703. The van der Waals surface area contributed by atoms with Gasteiger partial charge < -0.3 is 4.74 Å². The molecule has 0 spiro atoms. The van der Waals surface area contributed by atoms with E-state index in [1.807, 2.05) is 0 Å². The highest BCUT2D eigenvalue weighted by Crippen LogP contribution is 2.30. The maximum absolute atomic E-state index is 11.4. The zero-order valence-corrected chi connectivity index (χ0v) is 11.8. The van der Waals surface area contributed by atoms with E-state index in [2.05, 4.69) is 4.98 Å². The molecule has 0 bridgehead atoms. The number of hydrogen-bond donors (Lipinski definition) is 0. The van der Waals surface area contributed by atoms with Crippen LogP contribution < -0.4 is 4.74 Å². The van der Waals surface area contributed by atoms with E-state index in [0.29, 0.717) is 23.6 Å². The van der Waals surface area contributed by atoms with Gasteiger partial charge in [0, 0.05) is 18.6 Å². The predicted octanol–water partition coefficient (Wildman–Crippen LogP) is 4.03. The molecule has 0 saturated heterocycles. The molecule has 0 aliphatic heterocycles. The Morgan fingerprint density at radius 1 is 1.33 bits per heavy atom. The van der Waals surface area contributed by atoms with Crippen molar-refractivity contribution in [2.24, 2.45) is 0 Å². The van der Waals surface area contributed by atoms with E-state index >= 15 is 0 Å².